The number of phenolic OH excluding ortho intramolecular Hbond substituents is 1. The van der Waals surface area contributed by atoms with Gasteiger partial charge in [0, 0.05) is 5.41 Å². The molecule has 2 saturated carbocycles. The van der Waals surface area contributed by atoms with Crippen molar-refractivity contribution < 1.29 is 19.4 Å². The average Bonchev–Trinajstić information content (AvgIpc) is 2.87. The van der Waals surface area contributed by atoms with Crippen molar-refractivity contribution in [2.24, 2.45) is 16.7 Å². The monoisotopic (exact) mass is 304 g/mol. The summed E-state index contributed by atoms with van der Waals surface area (Å²) >= 11 is 0. The maximum Gasteiger partial charge on any atom is 0.338 e. The number of methoxy groups -OCH3 is 1. The fourth-order valence-corrected chi connectivity index (χ4v) is 4.48. The van der Waals surface area contributed by atoms with Gasteiger partial charge in [0.1, 0.15) is 6.10 Å². The molecule has 2 aliphatic rings. The molecule has 2 bridgehead atoms. The summed E-state index contributed by atoms with van der Waals surface area (Å²) in [6.07, 6.45) is 3.17. The van der Waals surface area contributed by atoms with Gasteiger partial charge in [0.2, 0.25) is 0 Å². The highest BCUT2D eigenvalue weighted by molar-refractivity contribution is 5.90. The van der Waals surface area contributed by atoms with E-state index in [-0.39, 0.29) is 29.0 Å². The lowest BCUT2D eigenvalue weighted by atomic mass is 9.71. The summed E-state index contributed by atoms with van der Waals surface area (Å²) in [5, 5.41) is 9.61. The second-order valence-electron chi connectivity index (χ2n) is 7.74. The van der Waals surface area contributed by atoms with Crippen LogP contribution in [0.15, 0.2) is 18.2 Å². The molecular weight excluding hydrogens is 280 g/mol. The van der Waals surface area contributed by atoms with Crippen molar-refractivity contribution in [2.75, 3.05) is 7.11 Å². The molecule has 0 aromatic heterocycles. The molecule has 2 fully saturated rings. The first-order valence-corrected chi connectivity index (χ1v) is 7.83. The van der Waals surface area contributed by atoms with Crippen LogP contribution in [-0.4, -0.2) is 24.3 Å². The van der Waals surface area contributed by atoms with Crippen molar-refractivity contribution >= 4 is 5.97 Å². The molecule has 3 rings (SSSR count). The number of carbonyl (C=O) groups excluding carboxylic acids is 1. The fourth-order valence-electron chi connectivity index (χ4n) is 4.48. The average molecular weight is 304 g/mol. The number of carbonyl (C=O) groups is 1. The minimum Gasteiger partial charge on any atom is -0.504 e. The van der Waals surface area contributed by atoms with Gasteiger partial charge in [-0.25, -0.2) is 4.79 Å². The zero-order valence-electron chi connectivity index (χ0n) is 13.7. The van der Waals surface area contributed by atoms with Crippen LogP contribution in [0.3, 0.4) is 0 Å². The third-order valence-electron chi connectivity index (χ3n) is 5.62. The third kappa shape index (κ3) is 2.34. The Bertz CT molecular complexity index is 607. The molecule has 0 heterocycles. The van der Waals surface area contributed by atoms with Crippen LogP contribution in [-0.2, 0) is 4.74 Å². The van der Waals surface area contributed by atoms with Gasteiger partial charge in [0.25, 0.3) is 0 Å². The number of benzene rings is 1. The summed E-state index contributed by atoms with van der Waals surface area (Å²) in [6, 6.07) is 4.55. The summed E-state index contributed by atoms with van der Waals surface area (Å²) in [5.41, 5.74) is 0.852. The van der Waals surface area contributed by atoms with Crippen molar-refractivity contribution in [3.8, 4) is 11.5 Å². The number of phenols is 1. The Labute approximate surface area is 131 Å². The van der Waals surface area contributed by atoms with E-state index in [4.69, 9.17) is 9.47 Å². The van der Waals surface area contributed by atoms with Crippen molar-refractivity contribution in [1.82, 2.24) is 0 Å². The quantitative estimate of drug-likeness (QED) is 0.864. The van der Waals surface area contributed by atoms with Gasteiger partial charge in [-0.3, -0.25) is 0 Å². The van der Waals surface area contributed by atoms with Gasteiger partial charge in [0.05, 0.1) is 12.7 Å². The molecule has 1 aromatic carbocycles. The van der Waals surface area contributed by atoms with Crippen LogP contribution in [0.4, 0.5) is 0 Å². The van der Waals surface area contributed by atoms with E-state index in [0.29, 0.717) is 16.9 Å². The molecule has 1 aromatic rings. The maximum atomic E-state index is 12.4. The number of aromatic hydroxyl groups is 1. The molecule has 0 aliphatic heterocycles. The van der Waals surface area contributed by atoms with E-state index in [9.17, 15) is 9.90 Å². The van der Waals surface area contributed by atoms with Crippen LogP contribution in [0.2, 0.25) is 0 Å². The standard InChI is InChI=1S/C18H24O4/c1-17(2)10-18(3)9-12(17)8-15(18)22-16(20)11-5-6-13(19)14(7-11)21-4/h5-7,12,15,19H,8-10H2,1-4H3/t12-,15-,18+/m0/s1. The number of ether oxygens (including phenoxy) is 2. The summed E-state index contributed by atoms with van der Waals surface area (Å²) in [4.78, 5) is 12.4. The normalized spacial score (nSPS) is 32.0. The first kappa shape index (κ1) is 15.2. The van der Waals surface area contributed by atoms with Gasteiger partial charge in [0.15, 0.2) is 11.5 Å². The van der Waals surface area contributed by atoms with Crippen LogP contribution in [0.25, 0.3) is 0 Å². The summed E-state index contributed by atoms with van der Waals surface area (Å²) in [5.74, 6) is 0.599. The molecule has 4 nitrogen and oxygen atoms in total. The third-order valence-corrected chi connectivity index (χ3v) is 5.62. The molecular formula is C18H24O4. The molecule has 0 spiro atoms. The number of hydrogen-bond donors (Lipinski definition) is 1. The van der Waals surface area contributed by atoms with Crippen LogP contribution in [0, 0.1) is 16.7 Å². The van der Waals surface area contributed by atoms with Crippen LogP contribution in [0.1, 0.15) is 50.4 Å². The van der Waals surface area contributed by atoms with E-state index in [2.05, 4.69) is 20.8 Å². The van der Waals surface area contributed by atoms with E-state index in [0.717, 1.165) is 19.3 Å². The van der Waals surface area contributed by atoms with Gasteiger partial charge >= 0.3 is 5.97 Å². The summed E-state index contributed by atoms with van der Waals surface area (Å²) < 4.78 is 10.8. The van der Waals surface area contributed by atoms with Gasteiger partial charge in [-0.1, -0.05) is 20.8 Å². The minimum atomic E-state index is -0.338. The van der Waals surface area contributed by atoms with E-state index in [1.54, 1.807) is 6.07 Å². The Morgan fingerprint density at radius 1 is 1.32 bits per heavy atom. The van der Waals surface area contributed by atoms with Gasteiger partial charge in [-0.05, 0) is 48.8 Å². The second kappa shape index (κ2) is 4.90. The number of fused-ring (bicyclic) bond motifs is 2. The summed E-state index contributed by atoms with van der Waals surface area (Å²) in [7, 11) is 1.46. The molecule has 2 aliphatic carbocycles. The largest absolute Gasteiger partial charge is 0.504 e. The zero-order valence-corrected chi connectivity index (χ0v) is 13.7. The Balaban J connectivity index is 1.74. The molecule has 0 radical (unpaired) electrons. The fraction of sp³-hybridized carbons (Fsp3) is 0.611. The highest BCUT2D eigenvalue weighted by Crippen LogP contribution is 2.63. The highest BCUT2D eigenvalue weighted by Gasteiger charge is 2.58. The maximum absolute atomic E-state index is 12.4. The zero-order chi connectivity index (χ0) is 16.1. The highest BCUT2D eigenvalue weighted by atomic mass is 16.5. The number of esters is 1. The van der Waals surface area contributed by atoms with Crippen LogP contribution >= 0.6 is 0 Å². The Kier molecular flexibility index (Phi) is 3.38. The lowest BCUT2D eigenvalue weighted by Crippen LogP contribution is -2.37. The topological polar surface area (TPSA) is 55.8 Å². The van der Waals surface area contributed by atoms with E-state index in [1.807, 2.05) is 0 Å². The minimum absolute atomic E-state index is 0.0159. The van der Waals surface area contributed by atoms with Gasteiger partial charge < -0.3 is 14.6 Å². The molecule has 4 heteroatoms. The SMILES string of the molecule is COc1cc(C(=O)O[C@H]2C[C@H]3C[C@]2(C)CC3(C)C)ccc1O. The Hall–Kier alpha value is -1.71. The lowest BCUT2D eigenvalue weighted by molar-refractivity contribution is -0.0221. The smallest absolute Gasteiger partial charge is 0.338 e. The second-order valence-corrected chi connectivity index (χ2v) is 7.74. The molecule has 120 valence electrons. The first-order chi connectivity index (χ1) is 10.2. The Morgan fingerprint density at radius 3 is 2.59 bits per heavy atom. The van der Waals surface area contributed by atoms with Crippen molar-refractivity contribution in [3.63, 3.8) is 0 Å². The van der Waals surface area contributed by atoms with Crippen molar-refractivity contribution in [1.29, 1.82) is 0 Å². The van der Waals surface area contributed by atoms with E-state index in [1.165, 1.54) is 19.2 Å². The van der Waals surface area contributed by atoms with Crippen LogP contribution in [0.5, 0.6) is 11.5 Å². The molecule has 22 heavy (non-hydrogen) atoms. The van der Waals surface area contributed by atoms with Gasteiger partial charge in [-0.2, -0.15) is 0 Å². The van der Waals surface area contributed by atoms with E-state index < -0.39 is 0 Å². The summed E-state index contributed by atoms with van der Waals surface area (Å²) in [6.45, 7) is 6.86. The predicted molar refractivity (Wildman–Crippen MR) is 83.1 cm³/mol. The molecule has 1 N–H and O–H groups in total. The van der Waals surface area contributed by atoms with Crippen molar-refractivity contribution in [3.05, 3.63) is 23.8 Å². The predicted octanol–water partition coefficient (Wildman–Crippen LogP) is 3.77. The molecule has 0 amide bonds. The molecule has 0 unspecified atom stereocenters. The number of rotatable bonds is 3. The van der Waals surface area contributed by atoms with E-state index >= 15 is 0 Å². The molecule has 0 saturated heterocycles. The molecule has 3 atom stereocenters. The number of hydrogen-bond acceptors (Lipinski definition) is 4. The van der Waals surface area contributed by atoms with Gasteiger partial charge in [-0.15, -0.1) is 0 Å². The van der Waals surface area contributed by atoms with Crippen molar-refractivity contribution in [2.45, 2.75) is 46.1 Å². The van der Waals surface area contributed by atoms with Crippen LogP contribution < -0.4 is 4.74 Å². The lowest BCUT2D eigenvalue weighted by Gasteiger charge is -2.38. The Morgan fingerprint density at radius 2 is 2.05 bits per heavy atom. The first-order valence-electron chi connectivity index (χ1n) is 7.83.